The first-order valence-electron chi connectivity index (χ1n) is 6.14. The molecule has 2 rings (SSSR count). The summed E-state index contributed by atoms with van der Waals surface area (Å²) < 4.78 is 0. The maximum absolute atomic E-state index is 11.8. The van der Waals surface area contributed by atoms with E-state index in [0.717, 1.165) is 0 Å². The molecule has 6 heteroatoms. The zero-order valence-electron chi connectivity index (χ0n) is 10.6. The molecule has 0 aliphatic heterocycles. The summed E-state index contributed by atoms with van der Waals surface area (Å²) in [5, 5.41) is 8.74. The van der Waals surface area contributed by atoms with Crippen LogP contribution in [0, 0.1) is 0 Å². The molecular formula is C12H18N4O2. The standard InChI is InChI=1S/C12H18N4O2/c1-8(16(2)9-3-4-9)7-13-12(18)10-5-6-11(17)15-14-10/h5-6,8-9H,3-4,7H2,1-2H3,(H,13,18)(H,15,17). The smallest absolute Gasteiger partial charge is 0.271 e. The van der Waals surface area contributed by atoms with Crippen molar-refractivity contribution in [1.82, 2.24) is 20.4 Å². The molecule has 1 amide bonds. The van der Waals surface area contributed by atoms with Gasteiger partial charge in [-0.25, -0.2) is 5.10 Å². The van der Waals surface area contributed by atoms with Gasteiger partial charge in [-0.05, 0) is 32.9 Å². The fourth-order valence-corrected chi connectivity index (χ4v) is 1.79. The van der Waals surface area contributed by atoms with Crippen LogP contribution in [-0.2, 0) is 0 Å². The Hall–Kier alpha value is -1.69. The number of rotatable bonds is 5. The molecule has 1 aromatic rings. The highest BCUT2D eigenvalue weighted by Crippen LogP contribution is 2.26. The van der Waals surface area contributed by atoms with Gasteiger partial charge in [-0.3, -0.25) is 14.5 Å². The second-order valence-corrected chi connectivity index (χ2v) is 4.76. The third kappa shape index (κ3) is 3.16. The summed E-state index contributed by atoms with van der Waals surface area (Å²) >= 11 is 0. The number of nitrogens with zero attached hydrogens (tertiary/aromatic N) is 2. The lowest BCUT2D eigenvalue weighted by Gasteiger charge is -2.24. The first kappa shape index (κ1) is 12.8. The van der Waals surface area contributed by atoms with E-state index in [0.29, 0.717) is 18.6 Å². The summed E-state index contributed by atoms with van der Waals surface area (Å²) in [5.41, 5.74) is -0.0794. The molecule has 6 nitrogen and oxygen atoms in total. The van der Waals surface area contributed by atoms with E-state index < -0.39 is 0 Å². The van der Waals surface area contributed by atoms with Gasteiger partial charge in [-0.2, -0.15) is 5.10 Å². The Morgan fingerprint density at radius 3 is 2.89 bits per heavy atom. The first-order valence-corrected chi connectivity index (χ1v) is 6.14. The second-order valence-electron chi connectivity index (χ2n) is 4.76. The Labute approximate surface area is 105 Å². The van der Waals surface area contributed by atoms with Crippen LogP contribution in [0.2, 0.25) is 0 Å². The highest BCUT2D eigenvalue weighted by molar-refractivity contribution is 5.91. The van der Waals surface area contributed by atoms with E-state index in [1.165, 1.54) is 25.0 Å². The van der Waals surface area contributed by atoms with Gasteiger partial charge < -0.3 is 5.32 Å². The fraction of sp³-hybridized carbons (Fsp3) is 0.583. The van der Waals surface area contributed by atoms with Crippen molar-refractivity contribution in [3.05, 3.63) is 28.2 Å². The Bertz CT molecular complexity index is 461. The van der Waals surface area contributed by atoms with Gasteiger partial charge in [0.15, 0.2) is 0 Å². The SMILES string of the molecule is CC(CNC(=O)c1ccc(=O)[nH]n1)N(C)C1CC1. The molecule has 0 spiro atoms. The molecule has 1 fully saturated rings. The van der Waals surface area contributed by atoms with Crippen LogP contribution in [0.1, 0.15) is 30.3 Å². The monoisotopic (exact) mass is 250 g/mol. The number of carbonyl (C=O) groups is 1. The number of hydrogen-bond donors (Lipinski definition) is 2. The van der Waals surface area contributed by atoms with Crippen LogP contribution < -0.4 is 10.9 Å². The van der Waals surface area contributed by atoms with E-state index in [-0.39, 0.29) is 17.2 Å². The van der Waals surface area contributed by atoms with E-state index in [1.54, 1.807) is 0 Å². The summed E-state index contributed by atoms with van der Waals surface area (Å²) in [6.45, 7) is 2.66. The van der Waals surface area contributed by atoms with Gasteiger partial charge in [0.1, 0.15) is 5.69 Å². The number of hydrogen-bond acceptors (Lipinski definition) is 4. The zero-order valence-corrected chi connectivity index (χ0v) is 10.6. The summed E-state index contributed by atoms with van der Waals surface area (Å²) in [4.78, 5) is 24.9. The van der Waals surface area contributed by atoms with Gasteiger partial charge in [0.2, 0.25) is 0 Å². The predicted molar refractivity (Wildman–Crippen MR) is 67.4 cm³/mol. The number of nitrogens with one attached hydrogen (secondary N) is 2. The molecule has 1 saturated carbocycles. The molecule has 0 bridgehead atoms. The fourth-order valence-electron chi connectivity index (χ4n) is 1.79. The van der Waals surface area contributed by atoms with Crippen molar-refractivity contribution in [3.63, 3.8) is 0 Å². The van der Waals surface area contributed by atoms with Gasteiger partial charge in [-0.1, -0.05) is 0 Å². The van der Waals surface area contributed by atoms with Crippen molar-refractivity contribution in [1.29, 1.82) is 0 Å². The molecule has 2 N–H and O–H groups in total. The number of carbonyl (C=O) groups excluding carboxylic acids is 1. The molecule has 0 radical (unpaired) electrons. The van der Waals surface area contributed by atoms with Crippen LogP contribution in [0.15, 0.2) is 16.9 Å². The lowest BCUT2D eigenvalue weighted by atomic mass is 10.2. The molecule has 1 heterocycles. The molecule has 98 valence electrons. The van der Waals surface area contributed by atoms with Crippen LogP contribution in [0.5, 0.6) is 0 Å². The van der Waals surface area contributed by atoms with E-state index in [2.05, 4.69) is 34.4 Å². The summed E-state index contributed by atoms with van der Waals surface area (Å²) in [7, 11) is 2.08. The molecule has 1 unspecified atom stereocenters. The van der Waals surface area contributed by atoms with Crippen molar-refractivity contribution < 1.29 is 4.79 Å². The normalized spacial score (nSPS) is 16.6. The first-order chi connectivity index (χ1) is 8.58. The average molecular weight is 250 g/mol. The second kappa shape index (κ2) is 5.30. The molecule has 0 saturated heterocycles. The maximum Gasteiger partial charge on any atom is 0.271 e. The van der Waals surface area contributed by atoms with E-state index in [9.17, 15) is 9.59 Å². The average Bonchev–Trinajstić information content (AvgIpc) is 3.19. The van der Waals surface area contributed by atoms with Gasteiger partial charge in [-0.15, -0.1) is 0 Å². The molecule has 1 atom stereocenters. The van der Waals surface area contributed by atoms with Crippen molar-refractivity contribution in [2.24, 2.45) is 0 Å². The van der Waals surface area contributed by atoms with E-state index in [1.807, 2.05) is 0 Å². The number of amides is 1. The largest absolute Gasteiger partial charge is 0.349 e. The predicted octanol–water partition coefficient (Wildman–Crippen LogP) is -0.0176. The Morgan fingerprint density at radius 2 is 2.33 bits per heavy atom. The Morgan fingerprint density at radius 1 is 1.61 bits per heavy atom. The van der Waals surface area contributed by atoms with Crippen molar-refractivity contribution in [2.75, 3.05) is 13.6 Å². The van der Waals surface area contributed by atoms with Gasteiger partial charge >= 0.3 is 0 Å². The zero-order chi connectivity index (χ0) is 13.1. The van der Waals surface area contributed by atoms with Crippen LogP contribution in [0.3, 0.4) is 0 Å². The third-order valence-electron chi connectivity index (χ3n) is 3.29. The minimum absolute atomic E-state index is 0.232. The summed E-state index contributed by atoms with van der Waals surface area (Å²) in [6, 6.07) is 3.68. The number of aromatic nitrogens is 2. The van der Waals surface area contributed by atoms with E-state index >= 15 is 0 Å². The number of H-pyrrole nitrogens is 1. The number of likely N-dealkylation sites (N-methyl/N-ethyl adjacent to an activating group) is 1. The Kier molecular flexibility index (Phi) is 3.76. The molecular weight excluding hydrogens is 232 g/mol. The highest BCUT2D eigenvalue weighted by atomic mass is 16.2. The van der Waals surface area contributed by atoms with Crippen molar-refractivity contribution >= 4 is 5.91 Å². The molecule has 18 heavy (non-hydrogen) atoms. The lowest BCUT2D eigenvalue weighted by molar-refractivity contribution is 0.0933. The minimum Gasteiger partial charge on any atom is -0.349 e. The highest BCUT2D eigenvalue weighted by Gasteiger charge is 2.29. The van der Waals surface area contributed by atoms with Crippen molar-refractivity contribution in [3.8, 4) is 0 Å². The van der Waals surface area contributed by atoms with Gasteiger partial charge in [0.05, 0.1) is 0 Å². The summed E-state index contributed by atoms with van der Waals surface area (Å²) in [6.07, 6.45) is 2.49. The molecule has 1 aromatic heterocycles. The minimum atomic E-state index is -0.312. The van der Waals surface area contributed by atoms with Crippen LogP contribution in [0.25, 0.3) is 0 Å². The Balaban J connectivity index is 1.84. The van der Waals surface area contributed by atoms with Crippen LogP contribution >= 0.6 is 0 Å². The maximum atomic E-state index is 11.8. The molecule has 0 aromatic carbocycles. The van der Waals surface area contributed by atoms with Crippen LogP contribution in [0.4, 0.5) is 0 Å². The quantitative estimate of drug-likeness (QED) is 0.770. The van der Waals surface area contributed by atoms with Gasteiger partial charge in [0.25, 0.3) is 11.5 Å². The van der Waals surface area contributed by atoms with E-state index in [4.69, 9.17) is 0 Å². The third-order valence-corrected chi connectivity index (χ3v) is 3.29. The van der Waals surface area contributed by atoms with Crippen LogP contribution in [-0.4, -0.2) is 46.7 Å². The van der Waals surface area contributed by atoms with Gasteiger partial charge in [0, 0.05) is 24.7 Å². The lowest BCUT2D eigenvalue weighted by Crippen LogP contribution is -2.41. The summed E-state index contributed by atoms with van der Waals surface area (Å²) in [5.74, 6) is -0.262. The topological polar surface area (TPSA) is 78.1 Å². The number of aromatic amines is 1. The molecule has 1 aliphatic carbocycles. The van der Waals surface area contributed by atoms with Crippen molar-refractivity contribution in [2.45, 2.75) is 31.8 Å². The molecule has 1 aliphatic rings.